The zero-order valence-electron chi connectivity index (χ0n) is 12.5. The second-order valence-electron chi connectivity index (χ2n) is 5.26. The molecule has 2 aromatic carbocycles. The van der Waals surface area contributed by atoms with Crippen LogP contribution in [0.15, 0.2) is 51.8 Å². The Morgan fingerprint density at radius 1 is 1.09 bits per heavy atom. The molecule has 0 radical (unpaired) electrons. The minimum Gasteiger partial charge on any atom is -0.339 e. The first-order valence-electron chi connectivity index (χ1n) is 7.06. The Balaban J connectivity index is 1.95. The van der Waals surface area contributed by atoms with Crippen LogP contribution in [0.1, 0.15) is 18.5 Å². The fraction of sp³-hybridized carbons (Fsp3) is 0.250. The number of nitrogens with two attached hydrogens (primary N) is 1. The molecule has 0 bridgehead atoms. The van der Waals surface area contributed by atoms with Crippen LogP contribution < -0.4 is 5.32 Å². The van der Waals surface area contributed by atoms with E-state index in [1.54, 1.807) is 29.6 Å². The summed E-state index contributed by atoms with van der Waals surface area (Å²) < 4.78 is 51.4. The molecule has 0 saturated heterocycles. The fourth-order valence-electron chi connectivity index (χ4n) is 2.16. The highest BCUT2D eigenvalue weighted by Crippen LogP contribution is 2.16. The fourth-order valence-corrected chi connectivity index (χ4v) is 3.66. The van der Waals surface area contributed by atoms with Crippen molar-refractivity contribution < 1.29 is 22.5 Å². The van der Waals surface area contributed by atoms with Crippen molar-refractivity contribution >= 4 is 25.8 Å². The highest BCUT2D eigenvalue weighted by molar-refractivity contribution is 9.10. The summed E-state index contributed by atoms with van der Waals surface area (Å²) in [7, 11) is -3.36. The molecule has 23 heavy (non-hydrogen) atoms. The molecule has 2 N–H and O–H groups in total. The molecule has 2 rings (SSSR count). The van der Waals surface area contributed by atoms with E-state index in [1.807, 2.05) is 6.92 Å². The maximum absolute atomic E-state index is 13.2. The molecule has 0 aliphatic carbocycles. The summed E-state index contributed by atoms with van der Waals surface area (Å²) in [6.45, 7) is 2.15. The molecule has 0 amide bonds. The summed E-state index contributed by atoms with van der Waals surface area (Å²) in [4.78, 5) is 0.273. The van der Waals surface area contributed by atoms with Gasteiger partial charge in [-0.25, -0.2) is 17.2 Å². The van der Waals surface area contributed by atoms with Gasteiger partial charge in [-0.2, -0.15) is 0 Å². The number of rotatable bonds is 6. The first-order valence-corrected chi connectivity index (χ1v) is 9.51. The van der Waals surface area contributed by atoms with Crippen molar-refractivity contribution in [1.82, 2.24) is 0 Å². The summed E-state index contributed by atoms with van der Waals surface area (Å²) in [5.74, 6) is -1.81. The van der Waals surface area contributed by atoms with Gasteiger partial charge in [-0.15, -0.1) is 0 Å². The number of quaternary nitrogens is 1. The van der Waals surface area contributed by atoms with Crippen LogP contribution in [0.25, 0.3) is 0 Å². The van der Waals surface area contributed by atoms with Crippen molar-refractivity contribution in [3.8, 4) is 0 Å². The predicted molar refractivity (Wildman–Crippen MR) is 87.8 cm³/mol. The van der Waals surface area contributed by atoms with E-state index < -0.39 is 21.5 Å². The molecule has 3 nitrogen and oxygen atoms in total. The van der Waals surface area contributed by atoms with E-state index in [-0.39, 0.29) is 16.7 Å². The van der Waals surface area contributed by atoms with E-state index in [0.717, 1.165) is 16.6 Å². The molecule has 0 heterocycles. The van der Waals surface area contributed by atoms with E-state index in [2.05, 4.69) is 15.9 Å². The third-order valence-corrected chi connectivity index (χ3v) is 5.84. The van der Waals surface area contributed by atoms with Crippen molar-refractivity contribution in [3.05, 3.63) is 64.1 Å². The van der Waals surface area contributed by atoms with Crippen molar-refractivity contribution in [1.29, 1.82) is 0 Å². The van der Waals surface area contributed by atoms with Crippen LogP contribution >= 0.6 is 15.9 Å². The first-order chi connectivity index (χ1) is 10.8. The Bertz CT molecular complexity index is 779. The van der Waals surface area contributed by atoms with Crippen LogP contribution in [0.2, 0.25) is 0 Å². The van der Waals surface area contributed by atoms with Crippen LogP contribution in [0, 0.1) is 11.6 Å². The second-order valence-corrected chi connectivity index (χ2v) is 8.28. The molecule has 0 saturated carbocycles. The topological polar surface area (TPSA) is 50.8 Å². The van der Waals surface area contributed by atoms with Crippen molar-refractivity contribution in [2.75, 3.05) is 12.3 Å². The summed E-state index contributed by atoms with van der Waals surface area (Å²) >= 11 is 3.26. The molecule has 0 aliphatic heterocycles. The summed E-state index contributed by atoms with van der Waals surface area (Å²) in [5.41, 5.74) is 0.616. The largest absolute Gasteiger partial charge is 0.339 e. The molecule has 0 unspecified atom stereocenters. The molecule has 0 aliphatic rings. The zero-order valence-corrected chi connectivity index (χ0v) is 14.9. The van der Waals surface area contributed by atoms with Crippen molar-refractivity contribution in [2.45, 2.75) is 17.9 Å². The van der Waals surface area contributed by atoms with Gasteiger partial charge in [0.15, 0.2) is 21.5 Å². The second kappa shape index (κ2) is 7.51. The van der Waals surface area contributed by atoms with Gasteiger partial charge in [-0.3, -0.25) is 0 Å². The molecule has 0 spiro atoms. The third kappa shape index (κ3) is 4.83. The van der Waals surface area contributed by atoms with Crippen molar-refractivity contribution in [2.24, 2.45) is 0 Å². The minimum absolute atomic E-state index is 0.0251. The summed E-state index contributed by atoms with van der Waals surface area (Å²) in [6, 6.07) is 10.0. The summed E-state index contributed by atoms with van der Waals surface area (Å²) in [6.07, 6.45) is 0. The van der Waals surface area contributed by atoms with Gasteiger partial charge >= 0.3 is 0 Å². The number of sulfone groups is 1. The van der Waals surface area contributed by atoms with Gasteiger partial charge < -0.3 is 5.32 Å². The van der Waals surface area contributed by atoms with Crippen LogP contribution in [-0.2, 0) is 9.84 Å². The number of benzene rings is 2. The average Bonchev–Trinajstić information content (AvgIpc) is 2.50. The Hall–Kier alpha value is -1.31. The lowest BCUT2D eigenvalue weighted by atomic mass is 10.1. The smallest absolute Gasteiger partial charge is 0.183 e. The highest BCUT2D eigenvalue weighted by atomic mass is 79.9. The normalized spacial score (nSPS) is 13.0. The molecular formula is C16H17BrF2NO2S+. The number of hydrogen-bond acceptors (Lipinski definition) is 2. The Labute approximate surface area is 142 Å². The molecule has 1 atom stereocenters. The van der Waals surface area contributed by atoms with Gasteiger partial charge in [0, 0.05) is 10.0 Å². The van der Waals surface area contributed by atoms with E-state index in [4.69, 9.17) is 0 Å². The minimum atomic E-state index is -3.36. The number of hydrogen-bond donors (Lipinski definition) is 1. The van der Waals surface area contributed by atoms with Crippen LogP contribution in [0.4, 0.5) is 8.78 Å². The zero-order chi connectivity index (χ0) is 17.0. The van der Waals surface area contributed by atoms with Gasteiger partial charge in [-0.05, 0) is 49.4 Å². The molecule has 0 aromatic heterocycles. The van der Waals surface area contributed by atoms with Crippen LogP contribution in [0.3, 0.4) is 0 Å². The quantitative estimate of drug-likeness (QED) is 0.804. The van der Waals surface area contributed by atoms with Gasteiger partial charge in [0.05, 0.1) is 11.4 Å². The van der Waals surface area contributed by atoms with Crippen LogP contribution in [-0.4, -0.2) is 20.7 Å². The maximum Gasteiger partial charge on any atom is 0.183 e. The molecule has 124 valence electrons. The Morgan fingerprint density at radius 3 is 2.35 bits per heavy atom. The lowest BCUT2D eigenvalue weighted by Crippen LogP contribution is -2.85. The van der Waals surface area contributed by atoms with Gasteiger partial charge in [0.25, 0.3) is 0 Å². The molecule has 2 aromatic rings. The average molecular weight is 405 g/mol. The monoisotopic (exact) mass is 404 g/mol. The lowest BCUT2D eigenvalue weighted by molar-refractivity contribution is -0.689. The molecule has 0 fully saturated rings. The van der Waals surface area contributed by atoms with Gasteiger partial charge in [0.2, 0.25) is 0 Å². The van der Waals surface area contributed by atoms with E-state index in [9.17, 15) is 17.2 Å². The van der Waals surface area contributed by atoms with Gasteiger partial charge in [0.1, 0.15) is 11.8 Å². The third-order valence-electron chi connectivity index (χ3n) is 3.55. The van der Waals surface area contributed by atoms with E-state index in [1.165, 1.54) is 6.07 Å². The first kappa shape index (κ1) is 18.0. The molecule has 7 heteroatoms. The number of halogens is 3. The standard InChI is InChI=1S/C16H16BrF2NO2S/c1-11(12-2-7-15(18)16(19)10-12)20-8-9-23(21,22)14-5-3-13(17)4-6-14/h2-7,10-11,20H,8-9H2,1H3/p+1/t11-/m1/s1. The van der Waals surface area contributed by atoms with E-state index >= 15 is 0 Å². The van der Waals surface area contributed by atoms with Gasteiger partial charge in [-0.1, -0.05) is 15.9 Å². The predicted octanol–water partition coefficient (Wildman–Crippen LogP) is 2.83. The summed E-state index contributed by atoms with van der Waals surface area (Å²) in [5, 5.41) is 1.79. The Morgan fingerprint density at radius 2 is 1.74 bits per heavy atom. The van der Waals surface area contributed by atoms with Crippen molar-refractivity contribution in [3.63, 3.8) is 0 Å². The highest BCUT2D eigenvalue weighted by Gasteiger charge is 2.17. The Kier molecular flexibility index (Phi) is 5.89. The molecular weight excluding hydrogens is 388 g/mol. The lowest BCUT2D eigenvalue weighted by Gasteiger charge is -2.11. The van der Waals surface area contributed by atoms with E-state index in [0.29, 0.717) is 12.1 Å². The maximum atomic E-state index is 13.2. The SMILES string of the molecule is C[C@@H]([NH2+]CCS(=O)(=O)c1ccc(Br)cc1)c1ccc(F)c(F)c1. The van der Waals surface area contributed by atoms with Crippen LogP contribution in [0.5, 0.6) is 0 Å².